The van der Waals surface area contributed by atoms with Gasteiger partial charge in [0.15, 0.2) is 6.10 Å². The average Bonchev–Trinajstić information content (AvgIpc) is 3.47. The van der Waals surface area contributed by atoms with Gasteiger partial charge in [0.25, 0.3) is 5.91 Å². The number of hydrogen-bond donors (Lipinski definition) is 4. The summed E-state index contributed by atoms with van der Waals surface area (Å²) in [5, 5.41) is 24.3. The second-order valence-corrected chi connectivity index (χ2v) is 10.6. The van der Waals surface area contributed by atoms with E-state index in [0.717, 1.165) is 5.56 Å². The molecule has 1 heterocycles. The highest BCUT2D eigenvalue weighted by Gasteiger charge is 2.43. The number of aliphatic hydroxyl groups is 1. The predicted molar refractivity (Wildman–Crippen MR) is 153 cm³/mol. The minimum absolute atomic E-state index is 0.0499. The summed E-state index contributed by atoms with van der Waals surface area (Å²) in [6.45, 7) is -0.365. The lowest BCUT2D eigenvalue weighted by atomic mass is 9.96. The van der Waals surface area contributed by atoms with Gasteiger partial charge in [-0.25, -0.2) is 22.4 Å². The van der Waals surface area contributed by atoms with Crippen molar-refractivity contribution in [2.45, 2.75) is 49.8 Å². The van der Waals surface area contributed by atoms with E-state index in [2.05, 4.69) is 10.6 Å². The maximum atomic E-state index is 14.3. The molecule has 238 valence electrons. The highest BCUT2D eigenvalue weighted by molar-refractivity contribution is 5.93. The Morgan fingerprint density at radius 2 is 1.53 bits per heavy atom. The van der Waals surface area contributed by atoms with E-state index >= 15 is 0 Å². The lowest BCUT2D eigenvalue weighted by Gasteiger charge is -2.28. The average molecular weight is 630 g/mol. The van der Waals surface area contributed by atoms with Crippen LogP contribution in [0.5, 0.6) is 0 Å². The lowest BCUT2D eigenvalue weighted by Crippen LogP contribution is -2.54. The topological polar surface area (TPSA) is 136 Å². The zero-order chi connectivity index (χ0) is 32.7. The van der Waals surface area contributed by atoms with Crippen LogP contribution >= 0.6 is 0 Å². The molecule has 0 radical (unpaired) electrons. The molecule has 4 rings (SSSR count). The lowest BCUT2D eigenvalue weighted by molar-refractivity contribution is -0.146. The summed E-state index contributed by atoms with van der Waals surface area (Å²) in [7, 11) is 0. The van der Waals surface area contributed by atoms with Crippen molar-refractivity contribution in [3.63, 3.8) is 0 Å². The van der Waals surface area contributed by atoms with Crippen molar-refractivity contribution in [2.75, 3.05) is 13.1 Å². The van der Waals surface area contributed by atoms with Crippen LogP contribution in [0.15, 0.2) is 72.8 Å². The molecule has 9 nitrogen and oxygen atoms in total. The summed E-state index contributed by atoms with van der Waals surface area (Å²) < 4.78 is 55.5. The van der Waals surface area contributed by atoms with Crippen LogP contribution in [-0.2, 0) is 20.8 Å². The Bertz CT molecular complexity index is 1500. The van der Waals surface area contributed by atoms with Crippen LogP contribution < -0.4 is 10.6 Å². The smallest absolute Gasteiger partial charge is 0.335 e. The fourth-order valence-corrected chi connectivity index (χ4v) is 5.31. The monoisotopic (exact) mass is 629 g/mol. The molecular weight excluding hydrogens is 598 g/mol. The number of benzene rings is 3. The van der Waals surface area contributed by atoms with Crippen LogP contribution in [0.3, 0.4) is 0 Å². The van der Waals surface area contributed by atoms with Crippen LogP contribution in [0, 0.1) is 11.6 Å². The molecule has 0 aliphatic carbocycles. The largest absolute Gasteiger partial charge is 0.478 e. The van der Waals surface area contributed by atoms with Gasteiger partial charge in [-0.05, 0) is 36.1 Å². The number of nitrogens with one attached hydrogen (secondary N) is 2. The summed E-state index contributed by atoms with van der Waals surface area (Å²) in [5.74, 6) is -6.88. The first-order valence-electron chi connectivity index (χ1n) is 14.1. The van der Waals surface area contributed by atoms with Gasteiger partial charge >= 0.3 is 5.97 Å². The predicted octanol–water partition coefficient (Wildman–Crippen LogP) is 3.58. The maximum Gasteiger partial charge on any atom is 0.335 e. The number of carboxylic acids is 1. The zero-order valence-electron chi connectivity index (χ0n) is 23.8. The highest BCUT2D eigenvalue weighted by Crippen LogP contribution is 2.34. The van der Waals surface area contributed by atoms with E-state index < -0.39 is 90.5 Å². The Balaban J connectivity index is 1.48. The number of aliphatic hydroxyl groups excluding tert-OH is 1. The van der Waals surface area contributed by atoms with E-state index in [1.54, 1.807) is 48.5 Å². The van der Waals surface area contributed by atoms with Crippen molar-refractivity contribution in [1.82, 2.24) is 15.5 Å². The molecule has 3 aromatic carbocycles. The Morgan fingerprint density at radius 3 is 2.11 bits per heavy atom. The van der Waals surface area contributed by atoms with E-state index in [0.29, 0.717) is 17.7 Å². The number of rotatable bonds is 12. The minimum atomic E-state index is -3.02. The molecule has 3 aromatic rings. The first-order chi connectivity index (χ1) is 21.5. The number of hydrogen-bond acceptors (Lipinski definition) is 5. The molecule has 1 aliphatic rings. The Hall–Kier alpha value is -4.78. The second kappa shape index (κ2) is 14.8. The Morgan fingerprint density at radius 1 is 0.933 bits per heavy atom. The van der Waals surface area contributed by atoms with Crippen molar-refractivity contribution < 1.29 is 47.0 Å². The van der Waals surface area contributed by atoms with Crippen LogP contribution in [0.2, 0.25) is 0 Å². The molecule has 1 aliphatic heterocycles. The number of aromatic carboxylic acids is 1. The molecule has 0 saturated carbocycles. The number of likely N-dealkylation sites (tertiary alicyclic amines) is 1. The van der Waals surface area contributed by atoms with E-state index in [1.807, 2.05) is 12.1 Å². The summed E-state index contributed by atoms with van der Waals surface area (Å²) in [6.07, 6.45) is -6.03. The minimum Gasteiger partial charge on any atom is -0.478 e. The van der Waals surface area contributed by atoms with Crippen molar-refractivity contribution in [1.29, 1.82) is 0 Å². The molecule has 45 heavy (non-hydrogen) atoms. The summed E-state index contributed by atoms with van der Waals surface area (Å²) in [5.41, 5.74) is -0.00993. The van der Waals surface area contributed by atoms with Gasteiger partial charge in [0, 0.05) is 31.0 Å². The molecular formula is C32H31F4N3O6. The number of amides is 3. The van der Waals surface area contributed by atoms with E-state index in [1.165, 1.54) is 4.90 Å². The van der Waals surface area contributed by atoms with Gasteiger partial charge in [-0.3, -0.25) is 14.4 Å². The zero-order valence-corrected chi connectivity index (χ0v) is 23.8. The summed E-state index contributed by atoms with van der Waals surface area (Å²) >= 11 is 0. The molecule has 4 N–H and O–H groups in total. The SMILES string of the molecule is O=C(O)c1cc(F)c(CCNC(=O)[C@H](CC(F)F)NC(=O)C2C[C@@H](c3ccccc3)CN2C(=O)[C@@H](O)c2ccccc2)c(F)c1. The van der Waals surface area contributed by atoms with Crippen LogP contribution in [0.1, 0.15) is 51.9 Å². The van der Waals surface area contributed by atoms with Crippen molar-refractivity contribution in [2.24, 2.45) is 0 Å². The number of carbonyl (C=O) groups excluding carboxylic acids is 3. The van der Waals surface area contributed by atoms with Gasteiger partial charge in [0.1, 0.15) is 23.7 Å². The van der Waals surface area contributed by atoms with Crippen LogP contribution in [0.4, 0.5) is 17.6 Å². The van der Waals surface area contributed by atoms with Gasteiger partial charge in [0.2, 0.25) is 18.2 Å². The van der Waals surface area contributed by atoms with E-state index in [9.17, 15) is 41.8 Å². The Labute approximate surface area is 255 Å². The molecule has 3 amide bonds. The third-order valence-electron chi connectivity index (χ3n) is 7.62. The molecule has 4 atom stereocenters. The van der Waals surface area contributed by atoms with Gasteiger partial charge in [-0.1, -0.05) is 60.7 Å². The number of halogens is 4. The van der Waals surface area contributed by atoms with Gasteiger partial charge in [-0.2, -0.15) is 0 Å². The third-order valence-corrected chi connectivity index (χ3v) is 7.62. The normalized spacial score (nSPS) is 17.5. The fraction of sp³-hybridized carbons (Fsp3) is 0.312. The van der Waals surface area contributed by atoms with Crippen LogP contribution in [-0.4, -0.2) is 70.4 Å². The number of carboxylic acid groups (broad SMARTS) is 1. The van der Waals surface area contributed by atoms with Gasteiger partial charge in [-0.15, -0.1) is 0 Å². The molecule has 0 spiro atoms. The van der Waals surface area contributed by atoms with Crippen molar-refractivity contribution >= 4 is 23.7 Å². The highest BCUT2D eigenvalue weighted by atomic mass is 19.3. The van der Waals surface area contributed by atoms with Crippen molar-refractivity contribution in [3.8, 4) is 0 Å². The first kappa shape index (κ1) is 33.1. The maximum absolute atomic E-state index is 14.3. The van der Waals surface area contributed by atoms with Crippen LogP contribution in [0.25, 0.3) is 0 Å². The molecule has 13 heteroatoms. The summed E-state index contributed by atoms with van der Waals surface area (Å²) in [4.78, 5) is 52.0. The van der Waals surface area contributed by atoms with Gasteiger partial charge < -0.3 is 25.7 Å². The van der Waals surface area contributed by atoms with E-state index in [-0.39, 0.29) is 18.9 Å². The van der Waals surface area contributed by atoms with Crippen molar-refractivity contribution in [3.05, 3.63) is 107 Å². The standard InChI is InChI=1S/C32H31F4N3O6/c33-23-13-20(32(44)45)14-24(34)22(23)11-12-37-29(41)25(16-27(35)36)38-30(42)26-15-21(18-7-3-1-4-8-18)17-39(26)31(43)28(40)19-9-5-2-6-10-19/h1-10,13-14,21,25-28,40H,11-12,15-17H2,(H,37,41)(H,38,42)(H,44,45)/t21-,25+,26?,28+/m1/s1. The second-order valence-electron chi connectivity index (χ2n) is 10.6. The number of nitrogens with zero attached hydrogens (tertiary/aromatic N) is 1. The molecule has 0 bridgehead atoms. The van der Waals surface area contributed by atoms with Gasteiger partial charge in [0.05, 0.1) is 5.56 Å². The first-order valence-corrected chi connectivity index (χ1v) is 14.1. The molecule has 1 fully saturated rings. The van der Waals surface area contributed by atoms with E-state index in [4.69, 9.17) is 5.11 Å². The molecule has 1 saturated heterocycles. The fourth-order valence-electron chi connectivity index (χ4n) is 5.31. The number of alkyl halides is 2. The Kier molecular flexibility index (Phi) is 10.9. The summed E-state index contributed by atoms with van der Waals surface area (Å²) in [6, 6.07) is 15.3. The third kappa shape index (κ3) is 8.24. The quantitative estimate of drug-likeness (QED) is 0.226. The molecule has 1 unspecified atom stereocenters. The number of carbonyl (C=O) groups is 4. The molecule has 0 aromatic heterocycles.